The zero-order valence-electron chi connectivity index (χ0n) is 8.37. The van der Waals surface area contributed by atoms with Gasteiger partial charge in [0.05, 0.1) is 6.61 Å². The first-order chi connectivity index (χ1) is 7.29. The molecule has 0 amide bonds. The Bertz CT molecular complexity index is 382. The van der Waals surface area contributed by atoms with Crippen LogP contribution in [0.25, 0.3) is 0 Å². The van der Waals surface area contributed by atoms with Crippen molar-refractivity contribution in [2.75, 3.05) is 6.61 Å². The van der Waals surface area contributed by atoms with E-state index in [2.05, 4.69) is 28.6 Å². The summed E-state index contributed by atoms with van der Waals surface area (Å²) in [4.78, 5) is 0. The Kier molecular flexibility index (Phi) is 4.92. The lowest BCUT2D eigenvalue weighted by Crippen LogP contribution is -1.98. The van der Waals surface area contributed by atoms with Crippen LogP contribution in [-0.4, -0.2) is 6.61 Å². The van der Waals surface area contributed by atoms with E-state index in [1.165, 1.54) is 0 Å². The van der Waals surface area contributed by atoms with E-state index in [4.69, 9.17) is 10.00 Å². The lowest BCUT2D eigenvalue weighted by molar-refractivity contribution is 0.311. The van der Waals surface area contributed by atoms with Crippen molar-refractivity contribution in [3.05, 3.63) is 40.9 Å². The molecule has 0 radical (unpaired) electrons. The molecule has 0 aliphatic carbocycles. The number of nitrogens with zero attached hydrogens (tertiary/aromatic N) is 1. The summed E-state index contributed by atoms with van der Waals surface area (Å²) in [6, 6.07) is 7.60. The number of unbranched alkanes of at least 4 members (excludes halogenated alkanes) is 1. The van der Waals surface area contributed by atoms with Crippen molar-refractivity contribution in [3.63, 3.8) is 0 Å². The van der Waals surface area contributed by atoms with Crippen LogP contribution >= 0.6 is 15.9 Å². The maximum atomic E-state index is 8.93. The van der Waals surface area contributed by atoms with E-state index in [1.807, 2.05) is 18.2 Å². The summed E-state index contributed by atoms with van der Waals surface area (Å²) in [7, 11) is 0. The van der Waals surface area contributed by atoms with Crippen molar-refractivity contribution < 1.29 is 4.74 Å². The highest BCUT2D eigenvalue weighted by Crippen LogP contribution is 2.25. The van der Waals surface area contributed by atoms with Crippen LogP contribution in [0.3, 0.4) is 0 Å². The van der Waals surface area contributed by atoms with Gasteiger partial charge in [-0.1, -0.05) is 12.1 Å². The fourth-order valence-corrected chi connectivity index (χ4v) is 1.58. The van der Waals surface area contributed by atoms with Gasteiger partial charge in [0, 0.05) is 4.47 Å². The van der Waals surface area contributed by atoms with Crippen molar-refractivity contribution in [2.24, 2.45) is 0 Å². The first kappa shape index (κ1) is 11.8. The molecule has 0 fully saturated rings. The van der Waals surface area contributed by atoms with Gasteiger partial charge >= 0.3 is 0 Å². The van der Waals surface area contributed by atoms with Crippen molar-refractivity contribution in [3.8, 4) is 11.8 Å². The molecule has 0 atom stereocenters. The average Bonchev–Trinajstić information content (AvgIpc) is 2.24. The first-order valence-electron chi connectivity index (χ1n) is 4.72. The van der Waals surface area contributed by atoms with Gasteiger partial charge in [-0.3, -0.25) is 0 Å². The van der Waals surface area contributed by atoms with Crippen molar-refractivity contribution in [1.29, 1.82) is 5.26 Å². The van der Waals surface area contributed by atoms with E-state index in [9.17, 15) is 0 Å². The molecule has 3 heteroatoms. The van der Waals surface area contributed by atoms with E-state index >= 15 is 0 Å². The van der Waals surface area contributed by atoms with Crippen LogP contribution in [0.5, 0.6) is 5.75 Å². The molecule has 0 aromatic heterocycles. The van der Waals surface area contributed by atoms with Gasteiger partial charge in [0.2, 0.25) is 0 Å². The van der Waals surface area contributed by atoms with Gasteiger partial charge in [0.15, 0.2) is 0 Å². The molecule has 15 heavy (non-hydrogen) atoms. The monoisotopic (exact) mass is 265 g/mol. The lowest BCUT2D eigenvalue weighted by atomic mass is 10.2. The van der Waals surface area contributed by atoms with Crippen LogP contribution in [0.4, 0.5) is 0 Å². The molecular formula is C12H12BrNO. The largest absolute Gasteiger partial charge is 0.492 e. The Morgan fingerprint density at radius 2 is 2.33 bits per heavy atom. The molecule has 0 heterocycles. The lowest BCUT2D eigenvalue weighted by Gasteiger charge is -2.07. The fourth-order valence-electron chi connectivity index (χ4n) is 1.14. The number of nitriles is 1. The fraction of sp³-hybridized carbons (Fsp3) is 0.250. The van der Waals surface area contributed by atoms with Gasteiger partial charge in [-0.05, 0) is 40.9 Å². The molecule has 0 unspecified atom stereocenters. The summed E-state index contributed by atoms with van der Waals surface area (Å²) >= 11 is 3.31. The van der Waals surface area contributed by atoms with Crippen LogP contribution in [0, 0.1) is 11.3 Å². The van der Waals surface area contributed by atoms with Crippen LogP contribution < -0.4 is 4.74 Å². The molecule has 0 saturated carbocycles. The Morgan fingerprint density at radius 3 is 3.00 bits per heavy atom. The molecule has 0 saturated heterocycles. The summed E-state index contributed by atoms with van der Waals surface area (Å²) in [6.45, 7) is 4.25. The predicted molar refractivity (Wildman–Crippen MR) is 63.8 cm³/mol. The van der Waals surface area contributed by atoms with Gasteiger partial charge in [0.1, 0.15) is 17.4 Å². The molecule has 0 N–H and O–H groups in total. The van der Waals surface area contributed by atoms with E-state index in [0.29, 0.717) is 17.9 Å². The highest BCUT2D eigenvalue weighted by Gasteiger charge is 2.06. The predicted octanol–water partition coefficient (Wildman–Crippen LogP) is 3.67. The molecular weight excluding hydrogens is 254 g/mol. The minimum atomic E-state index is 0.552. The standard InChI is InChI=1S/C12H12BrNO/c1-2-3-4-8-15-12-7-5-6-11(13)10(12)9-14/h2,5-7H,1,3-4,8H2. The minimum Gasteiger partial charge on any atom is -0.492 e. The molecule has 0 spiro atoms. The smallest absolute Gasteiger partial charge is 0.138 e. The van der Waals surface area contributed by atoms with Gasteiger partial charge < -0.3 is 4.74 Å². The normalized spacial score (nSPS) is 9.33. The molecule has 0 bridgehead atoms. The van der Waals surface area contributed by atoms with Crippen molar-refractivity contribution >= 4 is 15.9 Å². The number of ether oxygens (including phenoxy) is 1. The summed E-state index contributed by atoms with van der Waals surface area (Å²) in [5.74, 6) is 0.635. The highest BCUT2D eigenvalue weighted by atomic mass is 79.9. The second kappa shape index (κ2) is 6.26. The molecule has 2 nitrogen and oxygen atoms in total. The maximum Gasteiger partial charge on any atom is 0.138 e. The minimum absolute atomic E-state index is 0.552. The van der Waals surface area contributed by atoms with E-state index in [1.54, 1.807) is 6.07 Å². The molecule has 0 aliphatic heterocycles. The zero-order valence-corrected chi connectivity index (χ0v) is 9.96. The van der Waals surface area contributed by atoms with Crippen LogP contribution in [0.15, 0.2) is 35.3 Å². The van der Waals surface area contributed by atoms with Gasteiger partial charge in [-0.25, -0.2) is 0 Å². The Balaban J connectivity index is 2.65. The Hall–Kier alpha value is -1.27. The third-order valence-electron chi connectivity index (χ3n) is 1.90. The molecule has 1 rings (SSSR count). The number of rotatable bonds is 5. The number of hydrogen-bond donors (Lipinski definition) is 0. The summed E-state index contributed by atoms with van der Waals surface area (Å²) in [5, 5.41) is 8.93. The quantitative estimate of drug-likeness (QED) is 0.601. The number of halogens is 1. The van der Waals surface area contributed by atoms with Gasteiger partial charge in [0.25, 0.3) is 0 Å². The van der Waals surface area contributed by atoms with Crippen LogP contribution in [0.2, 0.25) is 0 Å². The van der Waals surface area contributed by atoms with Crippen LogP contribution in [0.1, 0.15) is 18.4 Å². The van der Waals surface area contributed by atoms with Gasteiger partial charge in [-0.15, -0.1) is 6.58 Å². The first-order valence-corrected chi connectivity index (χ1v) is 5.51. The van der Waals surface area contributed by atoms with Crippen molar-refractivity contribution in [2.45, 2.75) is 12.8 Å². The number of hydrogen-bond acceptors (Lipinski definition) is 2. The summed E-state index contributed by atoms with van der Waals surface area (Å²) in [5.41, 5.74) is 0.552. The molecule has 1 aromatic rings. The van der Waals surface area contributed by atoms with Gasteiger partial charge in [-0.2, -0.15) is 5.26 Å². The van der Waals surface area contributed by atoms with E-state index < -0.39 is 0 Å². The molecule has 0 aliphatic rings. The highest BCUT2D eigenvalue weighted by molar-refractivity contribution is 9.10. The summed E-state index contributed by atoms with van der Waals surface area (Å²) < 4.78 is 6.28. The third-order valence-corrected chi connectivity index (χ3v) is 2.56. The van der Waals surface area contributed by atoms with E-state index in [-0.39, 0.29) is 0 Å². The van der Waals surface area contributed by atoms with Crippen LogP contribution in [-0.2, 0) is 0 Å². The maximum absolute atomic E-state index is 8.93. The number of allylic oxidation sites excluding steroid dienone is 1. The Labute approximate surface area is 98.3 Å². The topological polar surface area (TPSA) is 33.0 Å². The van der Waals surface area contributed by atoms with Crippen molar-refractivity contribution in [1.82, 2.24) is 0 Å². The second-order valence-corrected chi connectivity index (χ2v) is 3.86. The Morgan fingerprint density at radius 1 is 1.53 bits per heavy atom. The molecule has 1 aromatic carbocycles. The average molecular weight is 266 g/mol. The molecule has 78 valence electrons. The number of benzene rings is 1. The summed E-state index contributed by atoms with van der Waals surface area (Å²) in [6.07, 6.45) is 3.70. The zero-order chi connectivity index (χ0) is 11.1. The SMILES string of the molecule is C=CCCCOc1cccc(Br)c1C#N. The van der Waals surface area contributed by atoms with E-state index in [0.717, 1.165) is 17.3 Å². The second-order valence-electron chi connectivity index (χ2n) is 3.00. The third kappa shape index (κ3) is 3.41.